The summed E-state index contributed by atoms with van der Waals surface area (Å²) in [4.78, 5) is 21.7. The molecule has 0 atom stereocenters. The molecule has 0 unspecified atom stereocenters. The van der Waals surface area contributed by atoms with Crippen molar-refractivity contribution in [1.82, 2.24) is 0 Å². The van der Waals surface area contributed by atoms with Gasteiger partial charge < -0.3 is 0 Å². The Bertz CT molecular complexity index is 127. The van der Waals surface area contributed by atoms with E-state index in [0.717, 1.165) is 12.8 Å². The number of hydrogen-bond donors (Lipinski definition) is 0. The van der Waals surface area contributed by atoms with Gasteiger partial charge in [0, 0.05) is 12.8 Å². The molecule has 0 rings (SSSR count). The van der Waals surface area contributed by atoms with Gasteiger partial charge in [-0.15, -0.1) is 0 Å². The lowest BCUT2D eigenvalue weighted by atomic mass is 10.1. The van der Waals surface area contributed by atoms with E-state index in [1.54, 1.807) is 0 Å². The molecule has 2 nitrogen and oxygen atoms in total. The molecular formula is C9H18AlO2. The van der Waals surface area contributed by atoms with E-state index in [-0.39, 0.29) is 28.9 Å². The van der Waals surface area contributed by atoms with Gasteiger partial charge in [0.25, 0.3) is 0 Å². The smallest absolute Gasteiger partial charge is 0.187 e. The first kappa shape index (κ1) is 14.4. The zero-order valence-corrected chi connectivity index (χ0v) is 7.22. The normalized spacial score (nSPS) is 8.83. The Kier molecular flexibility index (Phi) is 10.8. The highest BCUT2D eigenvalue weighted by atomic mass is 27.0. The molecule has 0 amide bonds. The topological polar surface area (TPSA) is 34.1 Å². The minimum atomic E-state index is -0.0362. The van der Waals surface area contributed by atoms with Gasteiger partial charge in [-0.3, -0.25) is 9.59 Å². The SMILES string of the molecule is CCCC(=O)[CH]C(=O)CCC.[AlH3]. The number of rotatable bonds is 6. The van der Waals surface area contributed by atoms with Crippen LogP contribution < -0.4 is 0 Å². The zero-order valence-electron chi connectivity index (χ0n) is 7.22. The van der Waals surface area contributed by atoms with Crippen molar-refractivity contribution in [2.24, 2.45) is 0 Å². The maximum atomic E-state index is 10.9. The molecule has 0 aromatic rings. The Balaban J connectivity index is 0. The maximum Gasteiger partial charge on any atom is 0.187 e. The molecular weight excluding hydrogens is 167 g/mol. The Labute approximate surface area is 84.9 Å². The van der Waals surface area contributed by atoms with Crippen LogP contribution in [0.3, 0.4) is 0 Å². The van der Waals surface area contributed by atoms with Crippen LogP contribution in [0.25, 0.3) is 0 Å². The molecule has 0 N–H and O–H groups in total. The highest BCUT2D eigenvalue weighted by Gasteiger charge is 2.07. The third-order valence-electron chi connectivity index (χ3n) is 1.31. The van der Waals surface area contributed by atoms with E-state index in [9.17, 15) is 9.59 Å². The van der Waals surface area contributed by atoms with E-state index in [1.165, 1.54) is 6.42 Å². The first-order valence-electron chi connectivity index (χ1n) is 4.11. The van der Waals surface area contributed by atoms with Gasteiger partial charge in [0.05, 0.1) is 6.42 Å². The van der Waals surface area contributed by atoms with Crippen LogP contribution in [0.2, 0.25) is 0 Å². The molecule has 0 saturated carbocycles. The fraction of sp³-hybridized carbons (Fsp3) is 0.667. The highest BCUT2D eigenvalue weighted by molar-refractivity contribution is 6.10. The van der Waals surface area contributed by atoms with Gasteiger partial charge in [0.2, 0.25) is 0 Å². The van der Waals surface area contributed by atoms with Crippen LogP contribution >= 0.6 is 0 Å². The summed E-state index contributed by atoms with van der Waals surface area (Å²) in [7, 11) is 0. The van der Waals surface area contributed by atoms with E-state index in [2.05, 4.69) is 0 Å². The molecule has 0 aromatic heterocycles. The van der Waals surface area contributed by atoms with Crippen molar-refractivity contribution in [3.63, 3.8) is 0 Å². The molecule has 0 aliphatic heterocycles. The van der Waals surface area contributed by atoms with Gasteiger partial charge in [-0.1, -0.05) is 13.8 Å². The number of carbonyl (C=O) groups excluding carboxylic acids is 2. The highest BCUT2D eigenvalue weighted by Crippen LogP contribution is 1.98. The van der Waals surface area contributed by atoms with Gasteiger partial charge in [-0.2, -0.15) is 0 Å². The lowest BCUT2D eigenvalue weighted by Crippen LogP contribution is -2.07. The first-order valence-corrected chi connectivity index (χ1v) is 4.11. The summed E-state index contributed by atoms with van der Waals surface area (Å²) in [5, 5.41) is 0. The summed E-state index contributed by atoms with van der Waals surface area (Å²) in [6.07, 6.45) is 3.85. The van der Waals surface area contributed by atoms with Gasteiger partial charge in [0.15, 0.2) is 17.4 Å². The molecule has 0 aromatic carbocycles. The van der Waals surface area contributed by atoms with Crippen LogP contribution in [-0.2, 0) is 9.59 Å². The minimum Gasteiger partial charge on any atom is -0.299 e. The van der Waals surface area contributed by atoms with Crippen molar-refractivity contribution in [3.05, 3.63) is 6.42 Å². The molecule has 69 valence electrons. The average Bonchev–Trinajstić information content (AvgIpc) is 1.87. The lowest BCUT2D eigenvalue weighted by molar-refractivity contribution is -0.122. The first-order chi connectivity index (χ1) is 5.20. The molecule has 0 spiro atoms. The van der Waals surface area contributed by atoms with E-state index >= 15 is 0 Å². The third kappa shape index (κ3) is 7.97. The largest absolute Gasteiger partial charge is 0.299 e. The molecule has 0 bridgehead atoms. The Hall–Kier alpha value is -0.128. The van der Waals surface area contributed by atoms with Crippen molar-refractivity contribution in [2.45, 2.75) is 39.5 Å². The Morgan fingerprint density at radius 1 is 1.00 bits per heavy atom. The average molecular weight is 185 g/mol. The van der Waals surface area contributed by atoms with E-state index < -0.39 is 0 Å². The van der Waals surface area contributed by atoms with Crippen LogP contribution in [0, 0.1) is 6.42 Å². The van der Waals surface area contributed by atoms with E-state index in [4.69, 9.17) is 0 Å². The number of hydrogen-bond acceptors (Lipinski definition) is 2. The third-order valence-corrected chi connectivity index (χ3v) is 1.31. The summed E-state index contributed by atoms with van der Waals surface area (Å²) >= 11 is 0. The van der Waals surface area contributed by atoms with Crippen LogP contribution in [0.4, 0.5) is 0 Å². The van der Waals surface area contributed by atoms with Gasteiger partial charge in [0.1, 0.15) is 11.6 Å². The summed E-state index contributed by atoms with van der Waals surface area (Å²) in [6, 6.07) is 0. The molecule has 0 heterocycles. The molecule has 0 aliphatic carbocycles. The maximum absolute atomic E-state index is 10.9. The molecule has 3 heteroatoms. The van der Waals surface area contributed by atoms with Crippen molar-refractivity contribution in [3.8, 4) is 0 Å². The number of Topliss-reactive ketones (excluding diaryl/α,β-unsaturated/α-hetero) is 2. The standard InChI is InChI=1S/C9H15O2.Al.3H/c1-3-5-8(10)7-9(11)6-4-2;;;;/h7H,3-6H2,1-2H3;;;;. The van der Waals surface area contributed by atoms with Crippen LogP contribution in [0.1, 0.15) is 39.5 Å². The van der Waals surface area contributed by atoms with Crippen LogP contribution in [-0.4, -0.2) is 28.9 Å². The van der Waals surface area contributed by atoms with Gasteiger partial charge in [-0.25, -0.2) is 0 Å². The fourth-order valence-electron chi connectivity index (χ4n) is 0.817. The second-order valence-corrected chi connectivity index (χ2v) is 2.58. The predicted molar refractivity (Wildman–Crippen MR) is 54.1 cm³/mol. The quantitative estimate of drug-likeness (QED) is 0.452. The summed E-state index contributed by atoms with van der Waals surface area (Å²) in [5.74, 6) is -0.0723. The van der Waals surface area contributed by atoms with Crippen molar-refractivity contribution in [2.75, 3.05) is 0 Å². The Morgan fingerprint density at radius 2 is 1.33 bits per heavy atom. The summed E-state index contributed by atoms with van der Waals surface area (Å²) < 4.78 is 0. The predicted octanol–water partition coefficient (Wildman–Crippen LogP) is 0.745. The number of ketones is 2. The lowest BCUT2D eigenvalue weighted by Gasteiger charge is -1.95. The molecule has 0 saturated heterocycles. The molecule has 12 heavy (non-hydrogen) atoms. The van der Waals surface area contributed by atoms with E-state index in [0.29, 0.717) is 12.8 Å². The Morgan fingerprint density at radius 3 is 1.58 bits per heavy atom. The van der Waals surface area contributed by atoms with Gasteiger partial charge >= 0.3 is 0 Å². The van der Waals surface area contributed by atoms with Crippen molar-refractivity contribution < 1.29 is 9.59 Å². The van der Waals surface area contributed by atoms with Crippen LogP contribution in [0.5, 0.6) is 0 Å². The number of carbonyl (C=O) groups is 2. The van der Waals surface area contributed by atoms with Crippen molar-refractivity contribution in [1.29, 1.82) is 0 Å². The molecule has 1 radical (unpaired) electrons. The summed E-state index contributed by atoms with van der Waals surface area (Å²) in [6.45, 7) is 3.85. The van der Waals surface area contributed by atoms with E-state index in [1.807, 2.05) is 13.8 Å². The fourth-order valence-corrected chi connectivity index (χ4v) is 0.817. The summed E-state index contributed by atoms with van der Waals surface area (Å²) in [5.41, 5.74) is 0. The molecule has 0 aliphatic rings. The minimum absolute atomic E-state index is 0. The molecule has 0 fully saturated rings. The monoisotopic (exact) mass is 185 g/mol. The van der Waals surface area contributed by atoms with Crippen LogP contribution in [0.15, 0.2) is 0 Å². The second-order valence-electron chi connectivity index (χ2n) is 2.58. The van der Waals surface area contributed by atoms with Crippen molar-refractivity contribution >= 4 is 28.9 Å². The van der Waals surface area contributed by atoms with Gasteiger partial charge in [-0.05, 0) is 12.8 Å². The second kappa shape index (κ2) is 8.96. The zero-order chi connectivity index (χ0) is 8.69.